The highest BCUT2D eigenvalue weighted by Gasteiger charge is 2.18. The fourth-order valence-electron chi connectivity index (χ4n) is 0.988. The van der Waals surface area contributed by atoms with Crippen molar-refractivity contribution in [2.24, 2.45) is 10.4 Å². The Labute approximate surface area is 90.4 Å². The van der Waals surface area contributed by atoms with Gasteiger partial charge in [0.15, 0.2) is 0 Å². The molecule has 0 aromatic heterocycles. The first-order valence-electron chi connectivity index (χ1n) is 4.84. The van der Waals surface area contributed by atoms with Crippen LogP contribution in [0.15, 0.2) is 53.5 Å². The molecule has 0 atom stereocenters. The Morgan fingerprint density at radius 3 is 2.47 bits per heavy atom. The summed E-state index contributed by atoms with van der Waals surface area (Å²) >= 11 is 0. The fraction of sp³-hybridized carbons (Fsp3) is 0.308. The molecule has 0 radical (unpaired) electrons. The SMILES string of the molecule is C=C1C=CC=C(F)C1=NC(=C)C(C)(C)C. The Kier molecular flexibility index (Phi) is 3.08. The van der Waals surface area contributed by atoms with Crippen LogP contribution in [0.3, 0.4) is 0 Å². The summed E-state index contributed by atoms with van der Waals surface area (Å²) in [6.45, 7) is 13.5. The molecule has 0 saturated carbocycles. The van der Waals surface area contributed by atoms with Crippen molar-refractivity contribution in [3.8, 4) is 0 Å². The maximum Gasteiger partial charge on any atom is 0.149 e. The second-order valence-corrected chi connectivity index (χ2v) is 4.56. The molecule has 0 N–H and O–H groups in total. The van der Waals surface area contributed by atoms with E-state index in [1.807, 2.05) is 20.8 Å². The summed E-state index contributed by atoms with van der Waals surface area (Å²) in [5.74, 6) is -0.354. The summed E-state index contributed by atoms with van der Waals surface area (Å²) in [7, 11) is 0. The molecule has 0 unspecified atom stereocenters. The highest BCUT2D eigenvalue weighted by atomic mass is 19.1. The van der Waals surface area contributed by atoms with Gasteiger partial charge < -0.3 is 0 Å². The largest absolute Gasteiger partial charge is 0.250 e. The van der Waals surface area contributed by atoms with E-state index in [9.17, 15) is 4.39 Å². The minimum atomic E-state index is -0.354. The van der Waals surface area contributed by atoms with E-state index in [1.54, 1.807) is 12.2 Å². The molecule has 1 nitrogen and oxygen atoms in total. The van der Waals surface area contributed by atoms with Crippen molar-refractivity contribution >= 4 is 5.71 Å². The molecule has 1 aliphatic carbocycles. The first kappa shape index (κ1) is 11.6. The molecular weight excluding hydrogens is 189 g/mol. The molecule has 15 heavy (non-hydrogen) atoms. The quantitative estimate of drug-likeness (QED) is 0.614. The van der Waals surface area contributed by atoms with Crippen LogP contribution in [0.2, 0.25) is 0 Å². The second-order valence-electron chi connectivity index (χ2n) is 4.56. The predicted molar refractivity (Wildman–Crippen MR) is 63.5 cm³/mol. The van der Waals surface area contributed by atoms with Crippen LogP contribution < -0.4 is 0 Å². The summed E-state index contributed by atoms with van der Waals surface area (Å²) in [5, 5.41) is 0. The predicted octanol–water partition coefficient (Wildman–Crippen LogP) is 3.97. The maximum absolute atomic E-state index is 13.4. The van der Waals surface area contributed by atoms with Gasteiger partial charge in [-0.25, -0.2) is 9.38 Å². The van der Waals surface area contributed by atoms with E-state index in [0.717, 1.165) is 0 Å². The van der Waals surface area contributed by atoms with Gasteiger partial charge in [0.2, 0.25) is 0 Å². The lowest BCUT2D eigenvalue weighted by molar-refractivity contribution is 0.500. The molecule has 0 amide bonds. The van der Waals surface area contributed by atoms with Gasteiger partial charge in [-0.15, -0.1) is 0 Å². The number of halogens is 1. The molecule has 0 saturated heterocycles. The van der Waals surface area contributed by atoms with E-state index in [0.29, 0.717) is 11.3 Å². The molecule has 0 fully saturated rings. The Morgan fingerprint density at radius 2 is 2.00 bits per heavy atom. The average molecular weight is 205 g/mol. The molecule has 1 aliphatic rings. The zero-order valence-corrected chi connectivity index (χ0v) is 9.47. The molecule has 0 aromatic rings. The molecule has 0 spiro atoms. The zero-order valence-electron chi connectivity index (χ0n) is 9.47. The lowest BCUT2D eigenvalue weighted by Crippen LogP contribution is -2.11. The van der Waals surface area contributed by atoms with Crippen molar-refractivity contribution in [3.63, 3.8) is 0 Å². The van der Waals surface area contributed by atoms with Gasteiger partial charge >= 0.3 is 0 Å². The summed E-state index contributed by atoms with van der Waals surface area (Å²) in [4.78, 5) is 4.20. The van der Waals surface area contributed by atoms with Crippen LogP contribution in [0.1, 0.15) is 20.8 Å². The summed E-state index contributed by atoms with van der Waals surface area (Å²) < 4.78 is 13.4. The second kappa shape index (κ2) is 3.97. The number of hydrogen-bond donors (Lipinski definition) is 0. The van der Waals surface area contributed by atoms with Gasteiger partial charge in [0.1, 0.15) is 11.5 Å². The van der Waals surface area contributed by atoms with Crippen molar-refractivity contribution in [1.29, 1.82) is 0 Å². The maximum atomic E-state index is 13.4. The van der Waals surface area contributed by atoms with Crippen molar-refractivity contribution in [2.45, 2.75) is 20.8 Å². The van der Waals surface area contributed by atoms with Gasteiger partial charge in [0.05, 0.1) is 0 Å². The first-order valence-corrected chi connectivity index (χ1v) is 4.84. The average Bonchev–Trinajstić information content (AvgIpc) is 2.09. The van der Waals surface area contributed by atoms with Crippen LogP contribution in [0.4, 0.5) is 4.39 Å². The molecule has 0 bridgehead atoms. The van der Waals surface area contributed by atoms with Crippen LogP contribution >= 0.6 is 0 Å². The molecule has 2 heteroatoms. The molecule has 1 rings (SSSR count). The normalized spacial score (nSPS) is 19.3. The van der Waals surface area contributed by atoms with Gasteiger partial charge in [-0.1, -0.05) is 46.1 Å². The van der Waals surface area contributed by atoms with E-state index in [-0.39, 0.29) is 17.0 Å². The molecule has 0 aliphatic heterocycles. The van der Waals surface area contributed by atoms with Gasteiger partial charge in [-0.05, 0) is 11.6 Å². The number of nitrogens with zero attached hydrogens (tertiary/aromatic N) is 1. The summed E-state index contributed by atoms with van der Waals surface area (Å²) in [5.41, 5.74) is 1.37. The Hall–Kier alpha value is -1.44. The van der Waals surface area contributed by atoms with Gasteiger partial charge in [-0.3, -0.25) is 0 Å². The highest BCUT2D eigenvalue weighted by molar-refractivity contribution is 6.13. The Balaban J connectivity index is 3.03. The Morgan fingerprint density at radius 1 is 1.40 bits per heavy atom. The molecule has 0 aromatic carbocycles. The Bertz CT molecular complexity index is 389. The highest BCUT2D eigenvalue weighted by Crippen LogP contribution is 2.27. The molecular formula is C13H16FN. The smallest absolute Gasteiger partial charge is 0.149 e. The topological polar surface area (TPSA) is 12.4 Å². The minimum absolute atomic E-state index is 0.158. The minimum Gasteiger partial charge on any atom is -0.250 e. The zero-order chi connectivity index (χ0) is 11.6. The van der Waals surface area contributed by atoms with Crippen LogP contribution in [0.25, 0.3) is 0 Å². The van der Waals surface area contributed by atoms with E-state index < -0.39 is 0 Å². The summed E-state index contributed by atoms with van der Waals surface area (Å²) in [6.07, 6.45) is 4.73. The van der Waals surface area contributed by atoms with Crippen molar-refractivity contribution in [1.82, 2.24) is 0 Å². The van der Waals surface area contributed by atoms with Crippen molar-refractivity contribution in [3.05, 3.63) is 48.5 Å². The van der Waals surface area contributed by atoms with Gasteiger partial charge in [-0.2, -0.15) is 0 Å². The lowest BCUT2D eigenvalue weighted by Gasteiger charge is -2.19. The monoisotopic (exact) mass is 205 g/mol. The molecule has 0 heterocycles. The lowest BCUT2D eigenvalue weighted by atomic mass is 9.93. The van der Waals surface area contributed by atoms with Gasteiger partial charge in [0, 0.05) is 11.1 Å². The number of aliphatic imine (C=N–C) groups is 1. The third kappa shape index (κ3) is 2.75. The van der Waals surface area contributed by atoms with Crippen molar-refractivity contribution in [2.75, 3.05) is 0 Å². The fourth-order valence-corrected chi connectivity index (χ4v) is 0.988. The van der Waals surface area contributed by atoms with E-state index >= 15 is 0 Å². The van der Waals surface area contributed by atoms with E-state index in [2.05, 4.69) is 18.2 Å². The third-order valence-electron chi connectivity index (χ3n) is 2.18. The van der Waals surface area contributed by atoms with Crippen molar-refractivity contribution < 1.29 is 4.39 Å². The number of rotatable bonds is 1. The van der Waals surface area contributed by atoms with E-state index in [4.69, 9.17) is 0 Å². The standard InChI is InChI=1S/C13H16FN/c1-9-7-6-8-11(14)12(9)15-10(2)13(3,4)5/h6-8H,1-2H2,3-5H3. The van der Waals surface area contributed by atoms with Crippen LogP contribution in [-0.4, -0.2) is 5.71 Å². The first-order chi connectivity index (χ1) is 6.82. The van der Waals surface area contributed by atoms with Crippen LogP contribution in [-0.2, 0) is 0 Å². The van der Waals surface area contributed by atoms with Crippen LogP contribution in [0, 0.1) is 5.41 Å². The number of allylic oxidation sites excluding steroid dienone is 6. The van der Waals surface area contributed by atoms with Gasteiger partial charge in [0.25, 0.3) is 0 Å². The van der Waals surface area contributed by atoms with Crippen LogP contribution in [0.5, 0.6) is 0 Å². The number of hydrogen-bond acceptors (Lipinski definition) is 1. The third-order valence-corrected chi connectivity index (χ3v) is 2.18. The van der Waals surface area contributed by atoms with E-state index in [1.165, 1.54) is 6.08 Å². The molecule has 80 valence electrons. The summed E-state index contributed by atoms with van der Waals surface area (Å²) in [6, 6.07) is 0.